The zero-order valence-electron chi connectivity index (χ0n) is 17.1. The maximum Gasteiger partial charge on any atom is 0.309 e. The van der Waals surface area contributed by atoms with Crippen LogP contribution >= 0.6 is 0 Å². The summed E-state index contributed by atoms with van der Waals surface area (Å²) in [5, 5.41) is 4.42. The number of furan rings is 1. The van der Waals surface area contributed by atoms with Crippen molar-refractivity contribution in [3.63, 3.8) is 0 Å². The summed E-state index contributed by atoms with van der Waals surface area (Å²) < 4.78 is 11.6. The number of unbranched alkanes of at least 4 members (excludes halogenated alkanes) is 1. The third-order valence-electron chi connectivity index (χ3n) is 5.69. The first-order valence-electron chi connectivity index (χ1n) is 10.7. The lowest BCUT2D eigenvalue weighted by Gasteiger charge is -2.20. The third kappa shape index (κ3) is 4.88. The number of esters is 1. The summed E-state index contributed by atoms with van der Waals surface area (Å²) in [4.78, 5) is 12.2. The van der Waals surface area contributed by atoms with Gasteiger partial charge in [0.15, 0.2) is 0 Å². The van der Waals surface area contributed by atoms with Crippen molar-refractivity contribution in [2.24, 2.45) is 5.92 Å². The molecule has 1 saturated heterocycles. The third-order valence-corrected chi connectivity index (χ3v) is 5.69. The van der Waals surface area contributed by atoms with Gasteiger partial charge in [0.1, 0.15) is 18.0 Å². The quantitative estimate of drug-likeness (QED) is 0.542. The molecule has 1 N–H and O–H groups in total. The number of benzene rings is 2. The Labute approximate surface area is 172 Å². The van der Waals surface area contributed by atoms with Crippen molar-refractivity contribution < 1.29 is 13.9 Å². The van der Waals surface area contributed by atoms with E-state index in [0.717, 1.165) is 60.2 Å². The highest BCUT2D eigenvalue weighted by molar-refractivity contribution is 5.83. The molecule has 152 valence electrons. The minimum Gasteiger partial charge on any atom is -0.461 e. The fraction of sp³-hybridized carbons (Fsp3) is 0.400. The van der Waals surface area contributed by atoms with Crippen molar-refractivity contribution in [1.29, 1.82) is 0 Å². The Morgan fingerprint density at radius 2 is 1.83 bits per heavy atom. The summed E-state index contributed by atoms with van der Waals surface area (Å²) in [6, 6.07) is 16.6. The molecule has 2 heterocycles. The molecule has 4 rings (SSSR count). The highest BCUT2D eigenvalue weighted by atomic mass is 16.5. The smallest absolute Gasteiger partial charge is 0.309 e. The number of fused-ring (bicyclic) bond motifs is 1. The molecule has 0 radical (unpaired) electrons. The Morgan fingerprint density at radius 1 is 1.07 bits per heavy atom. The largest absolute Gasteiger partial charge is 0.461 e. The van der Waals surface area contributed by atoms with E-state index in [-0.39, 0.29) is 11.9 Å². The second kappa shape index (κ2) is 9.27. The van der Waals surface area contributed by atoms with Crippen LogP contribution in [0.3, 0.4) is 0 Å². The predicted octanol–water partition coefficient (Wildman–Crippen LogP) is 5.49. The Morgan fingerprint density at radius 3 is 2.59 bits per heavy atom. The summed E-state index contributed by atoms with van der Waals surface area (Å²) >= 11 is 0. The number of hydrogen-bond acceptors (Lipinski definition) is 4. The van der Waals surface area contributed by atoms with Crippen LogP contribution in [-0.4, -0.2) is 19.1 Å². The van der Waals surface area contributed by atoms with Crippen molar-refractivity contribution in [1.82, 2.24) is 5.32 Å². The van der Waals surface area contributed by atoms with Crippen LogP contribution in [0.15, 0.2) is 52.9 Å². The highest BCUT2D eigenvalue weighted by Gasteiger charge is 2.22. The van der Waals surface area contributed by atoms with Crippen molar-refractivity contribution in [3.05, 3.63) is 59.7 Å². The van der Waals surface area contributed by atoms with Crippen LogP contribution in [0.1, 0.15) is 43.7 Å². The van der Waals surface area contributed by atoms with Gasteiger partial charge in [-0.2, -0.15) is 0 Å². The molecule has 0 amide bonds. The number of ether oxygens (including phenoxy) is 1. The van der Waals surface area contributed by atoms with Gasteiger partial charge in [-0.1, -0.05) is 43.7 Å². The first kappa shape index (κ1) is 19.7. The SMILES string of the molecule is CCCCc1ccc2oc(-c3ccc(COC(=O)C4CCNCC4)cc3)cc2c1. The lowest BCUT2D eigenvalue weighted by molar-refractivity contribution is -0.150. The van der Waals surface area contributed by atoms with E-state index in [0.29, 0.717) is 6.61 Å². The topological polar surface area (TPSA) is 51.5 Å². The molecule has 0 unspecified atom stereocenters. The van der Waals surface area contributed by atoms with Gasteiger partial charge in [0.05, 0.1) is 5.92 Å². The fourth-order valence-electron chi connectivity index (χ4n) is 3.87. The maximum atomic E-state index is 12.2. The van der Waals surface area contributed by atoms with Gasteiger partial charge in [0.25, 0.3) is 0 Å². The Kier molecular flexibility index (Phi) is 6.30. The molecule has 0 spiro atoms. The summed E-state index contributed by atoms with van der Waals surface area (Å²) in [6.07, 6.45) is 5.25. The summed E-state index contributed by atoms with van der Waals surface area (Å²) in [5.74, 6) is 0.825. The van der Waals surface area contributed by atoms with Crippen LogP contribution in [0.2, 0.25) is 0 Å². The van der Waals surface area contributed by atoms with Gasteiger partial charge in [-0.05, 0) is 68.1 Å². The number of nitrogens with one attached hydrogen (secondary N) is 1. The normalized spacial score (nSPS) is 14.9. The molecule has 0 saturated carbocycles. The second-order valence-corrected chi connectivity index (χ2v) is 7.92. The fourth-order valence-corrected chi connectivity index (χ4v) is 3.87. The monoisotopic (exact) mass is 391 g/mol. The van der Waals surface area contributed by atoms with Crippen LogP contribution in [0, 0.1) is 5.92 Å². The van der Waals surface area contributed by atoms with Crippen LogP contribution in [0.25, 0.3) is 22.3 Å². The lowest BCUT2D eigenvalue weighted by Crippen LogP contribution is -2.32. The molecule has 3 aromatic rings. The molecule has 2 aromatic carbocycles. The van der Waals surface area contributed by atoms with Gasteiger partial charge >= 0.3 is 5.97 Å². The molecule has 4 nitrogen and oxygen atoms in total. The van der Waals surface area contributed by atoms with Crippen molar-refractivity contribution in [2.45, 2.75) is 45.6 Å². The molecule has 0 bridgehead atoms. The molecule has 0 atom stereocenters. The van der Waals surface area contributed by atoms with Crippen LogP contribution in [-0.2, 0) is 22.6 Å². The lowest BCUT2D eigenvalue weighted by atomic mass is 9.98. The Bertz CT molecular complexity index is 952. The molecule has 29 heavy (non-hydrogen) atoms. The number of carbonyl (C=O) groups is 1. The van der Waals surface area contributed by atoms with Gasteiger partial charge < -0.3 is 14.5 Å². The van der Waals surface area contributed by atoms with Crippen LogP contribution in [0.4, 0.5) is 0 Å². The van der Waals surface area contributed by atoms with Crippen molar-refractivity contribution in [3.8, 4) is 11.3 Å². The van der Waals surface area contributed by atoms with Gasteiger partial charge in [0.2, 0.25) is 0 Å². The minimum absolute atomic E-state index is 0.0355. The van der Waals surface area contributed by atoms with E-state index >= 15 is 0 Å². The van der Waals surface area contributed by atoms with Gasteiger partial charge in [-0.3, -0.25) is 4.79 Å². The highest BCUT2D eigenvalue weighted by Crippen LogP contribution is 2.29. The summed E-state index contributed by atoms with van der Waals surface area (Å²) in [6.45, 7) is 4.33. The standard InChI is InChI=1S/C25H29NO3/c1-2-3-4-18-7-10-23-22(15-18)16-24(29-23)20-8-5-19(6-9-20)17-28-25(27)21-11-13-26-14-12-21/h5-10,15-16,21,26H,2-4,11-14,17H2,1H3. The zero-order valence-corrected chi connectivity index (χ0v) is 17.1. The second-order valence-electron chi connectivity index (χ2n) is 7.92. The molecular formula is C25H29NO3. The number of rotatable bonds is 7. The number of hydrogen-bond donors (Lipinski definition) is 1. The minimum atomic E-state index is -0.0771. The van der Waals surface area contributed by atoms with E-state index in [1.165, 1.54) is 18.4 Å². The molecule has 4 heteroatoms. The molecule has 0 aliphatic carbocycles. The molecular weight excluding hydrogens is 362 g/mol. The maximum absolute atomic E-state index is 12.2. The van der Waals surface area contributed by atoms with Crippen LogP contribution in [0.5, 0.6) is 0 Å². The number of carbonyl (C=O) groups excluding carboxylic acids is 1. The molecule has 1 aliphatic rings. The number of piperidine rings is 1. The average molecular weight is 392 g/mol. The van der Waals surface area contributed by atoms with Gasteiger partial charge in [0, 0.05) is 10.9 Å². The van der Waals surface area contributed by atoms with E-state index in [9.17, 15) is 4.79 Å². The van der Waals surface area contributed by atoms with Crippen molar-refractivity contribution in [2.75, 3.05) is 13.1 Å². The van der Waals surface area contributed by atoms with E-state index in [2.05, 4.69) is 36.5 Å². The van der Waals surface area contributed by atoms with E-state index in [4.69, 9.17) is 9.15 Å². The molecule has 1 fully saturated rings. The van der Waals surface area contributed by atoms with E-state index in [1.54, 1.807) is 0 Å². The van der Waals surface area contributed by atoms with E-state index < -0.39 is 0 Å². The first-order valence-corrected chi connectivity index (χ1v) is 10.7. The first-order chi connectivity index (χ1) is 14.2. The summed E-state index contributed by atoms with van der Waals surface area (Å²) in [5.41, 5.74) is 4.30. The van der Waals surface area contributed by atoms with Crippen LogP contribution < -0.4 is 5.32 Å². The molecule has 1 aromatic heterocycles. The van der Waals surface area contributed by atoms with Crippen molar-refractivity contribution >= 4 is 16.9 Å². The van der Waals surface area contributed by atoms with Gasteiger partial charge in [-0.15, -0.1) is 0 Å². The summed E-state index contributed by atoms with van der Waals surface area (Å²) in [7, 11) is 0. The zero-order chi connectivity index (χ0) is 20.1. The predicted molar refractivity (Wildman–Crippen MR) is 116 cm³/mol. The Balaban J connectivity index is 1.40. The average Bonchev–Trinajstić information content (AvgIpc) is 3.20. The number of aryl methyl sites for hydroxylation is 1. The molecule has 1 aliphatic heterocycles. The van der Waals surface area contributed by atoms with E-state index in [1.807, 2.05) is 24.3 Å². The Hall–Kier alpha value is -2.59. The van der Waals surface area contributed by atoms with Gasteiger partial charge in [-0.25, -0.2) is 0 Å².